The Morgan fingerprint density at radius 2 is 1.74 bits per heavy atom. The van der Waals surface area contributed by atoms with Crippen LogP contribution < -0.4 is 10.1 Å². The van der Waals surface area contributed by atoms with E-state index in [0.29, 0.717) is 0 Å². The van der Waals surface area contributed by atoms with Gasteiger partial charge < -0.3 is 10.1 Å². The lowest BCUT2D eigenvalue weighted by molar-refractivity contribution is 0.473. The summed E-state index contributed by atoms with van der Waals surface area (Å²) >= 11 is 3.49. The molecule has 100 valence electrons. The molecule has 0 radical (unpaired) electrons. The van der Waals surface area contributed by atoms with Crippen LogP contribution >= 0.6 is 15.9 Å². The lowest BCUT2D eigenvalue weighted by Crippen LogP contribution is -2.06. The molecule has 0 amide bonds. The highest BCUT2D eigenvalue weighted by Gasteiger charge is 2.06. The molecule has 0 aromatic heterocycles. The van der Waals surface area contributed by atoms with Crippen LogP contribution in [0.3, 0.4) is 0 Å². The summed E-state index contributed by atoms with van der Waals surface area (Å²) in [5.74, 6) is 1.77. The van der Waals surface area contributed by atoms with Crippen molar-refractivity contribution >= 4 is 15.9 Å². The molecule has 2 nitrogen and oxygen atoms in total. The lowest BCUT2D eigenvalue weighted by atomic mass is 10.1. The van der Waals surface area contributed by atoms with Gasteiger partial charge in [0, 0.05) is 16.6 Å². The lowest BCUT2D eigenvalue weighted by Gasteiger charge is -2.12. The standard InChI is InChI=1S/C16H18BrNO/c1-11-6-12(2)8-15(7-11)19-16-9-14(17)5-4-13(16)10-18-3/h4-9,18H,10H2,1-3H3. The minimum atomic E-state index is 0.785. The van der Waals surface area contributed by atoms with E-state index in [0.717, 1.165) is 28.1 Å². The molecule has 0 fully saturated rings. The highest BCUT2D eigenvalue weighted by Crippen LogP contribution is 2.29. The molecule has 0 saturated heterocycles. The Morgan fingerprint density at radius 1 is 1.05 bits per heavy atom. The van der Waals surface area contributed by atoms with E-state index in [1.807, 2.05) is 19.2 Å². The summed E-state index contributed by atoms with van der Waals surface area (Å²) in [5, 5.41) is 3.16. The van der Waals surface area contributed by atoms with Gasteiger partial charge in [0.15, 0.2) is 0 Å². The third-order valence-corrected chi connectivity index (χ3v) is 3.31. The van der Waals surface area contributed by atoms with Crippen LogP contribution in [-0.2, 0) is 6.54 Å². The second-order valence-corrected chi connectivity index (χ2v) is 5.62. The molecule has 0 atom stereocenters. The van der Waals surface area contributed by atoms with E-state index in [1.165, 1.54) is 11.1 Å². The maximum Gasteiger partial charge on any atom is 0.133 e. The molecule has 0 unspecified atom stereocenters. The highest BCUT2D eigenvalue weighted by molar-refractivity contribution is 9.10. The summed E-state index contributed by atoms with van der Waals surface area (Å²) in [4.78, 5) is 0. The van der Waals surface area contributed by atoms with E-state index < -0.39 is 0 Å². The molecule has 2 aromatic carbocycles. The van der Waals surface area contributed by atoms with Crippen molar-refractivity contribution in [2.24, 2.45) is 0 Å². The molecule has 0 aliphatic heterocycles. The first-order chi connectivity index (χ1) is 9.08. The van der Waals surface area contributed by atoms with Crippen molar-refractivity contribution in [2.45, 2.75) is 20.4 Å². The van der Waals surface area contributed by atoms with Crippen LogP contribution in [0.4, 0.5) is 0 Å². The number of benzene rings is 2. The fourth-order valence-corrected chi connectivity index (χ4v) is 2.42. The van der Waals surface area contributed by atoms with E-state index in [1.54, 1.807) is 0 Å². The van der Waals surface area contributed by atoms with Crippen LogP contribution in [-0.4, -0.2) is 7.05 Å². The topological polar surface area (TPSA) is 21.3 Å². The van der Waals surface area contributed by atoms with E-state index in [4.69, 9.17) is 4.74 Å². The van der Waals surface area contributed by atoms with E-state index >= 15 is 0 Å². The molecule has 0 aliphatic carbocycles. The van der Waals surface area contributed by atoms with Gasteiger partial charge >= 0.3 is 0 Å². The van der Waals surface area contributed by atoms with Gasteiger partial charge in [0.05, 0.1) is 0 Å². The van der Waals surface area contributed by atoms with Gasteiger partial charge in [-0.05, 0) is 56.3 Å². The third-order valence-electron chi connectivity index (χ3n) is 2.82. The average Bonchev–Trinajstić information content (AvgIpc) is 2.31. The Balaban J connectivity index is 2.33. The fourth-order valence-electron chi connectivity index (χ4n) is 2.08. The smallest absolute Gasteiger partial charge is 0.133 e. The first-order valence-corrected chi connectivity index (χ1v) is 7.07. The normalized spacial score (nSPS) is 10.5. The summed E-state index contributed by atoms with van der Waals surface area (Å²) in [5.41, 5.74) is 3.56. The summed E-state index contributed by atoms with van der Waals surface area (Å²) in [7, 11) is 1.93. The number of ether oxygens (including phenoxy) is 1. The summed E-state index contributed by atoms with van der Waals surface area (Å²) < 4.78 is 7.05. The molecule has 0 saturated carbocycles. The number of hydrogen-bond donors (Lipinski definition) is 1. The summed E-state index contributed by atoms with van der Waals surface area (Å²) in [6, 6.07) is 12.3. The zero-order valence-corrected chi connectivity index (χ0v) is 13.0. The van der Waals surface area contributed by atoms with Crippen molar-refractivity contribution in [2.75, 3.05) is 7.05 Å². The molecule has 0 aliphatic rings. The molecule has 0 bridgehead atoms. The number of nitrogens with one attached hydrogen (secondary N) is 1. The largest absolute Gasteiger partial charge is 0.457 e. The van der Waals surface area contributed by atoms with Crippen molar-refractivity contribution in [1.29, 1.82) is 0 Å². The number of hydrogen-bond acceptors (Lipinski definition) is 2. The quantitative estimate of drug-likeness (QED) is 0.890. The molecule has 19 heavy (non-hydrogen) atoms. The van der Waals surface area contributed by atoms with Gasteiger partial charge in [0.25, 0.3) is 0 Å². The molecule has 2 aromatic rings. The Morgan fingerprint density at radius 3 is 2.37 bits per heavy atom. The highest BCUT2D eigenvalue weighted by atomic mass is 79.9. The Hall–Kier alpha value is -1.32. The Labute approximate surface area is 122 Å². The fraction of sp³-hybridized carbons (Fsp3) is 0.250. The maximum absolute atomic E-state index is 6.03. The van der Waals surface area contributed by atoms with Crippen molar-refractivity contribution in [3.05, 3.63) is 57.6 Å². The van der Waals surface area contributed by atoms with Gasteiger partial charge in [-0.2, -0.15) is 0 Å². The minimum Gasteiger partial charge on any atom is -0.457 e. The molecular formula is C16H18BrNO. The first-order valence-electron chi connectivity index (χ1n) is 6.27. The molecule has 3 heteroatoms. The Kier molecular flexibility index (Phi) is 4.61. The van der Waals surface area contributed by atoms with Crippen LogP contribution in [0.25, 0.3) is 0 Å². The molecule has 1 N–H and O–H groups in total. The third kappa shape index (κ3) is 3.82. The van der Waals surface area contributed by atoms with Crippen LogP contribution in [0.15, 0.2) is 40.9 Å². The first kappa shape index (κ1) is 14.1. The van der Waals surface area contributed by atoms with Gasteiger partial charge in [-0.3, -0.25) is 0 Å². The zero-order valence-electron chi connectivity index (χ0n) is 11.5. The second kappa shape index (κ2) is 6.22. The summed E-state index contributed by atoms with van der Waals surface area (Å²) in [6.07, 6.45) is 0. The van der Waals surface area contributed by atoms with Crippen molar-refractivity contribution < 1.29 is 4.74 Å². The van der Waals surface area contributed by atoms with Crippen molar-refractivity contribution in [3.63, 3.8) is 0 Å². The number of aryl methyl sites for hydroxylation is 2. The van der Waals surface area contributed by atoms with Gasteiger partial charge in [-0.15, -0.1) is 0 Å². The molecular weight excluding hydrogens is 302 g/mol. The van der Waals surface area contributed by atoms with Crippen molar-refractivity contribution in [3.8, 4) is 11.5 Å². The van der Waals surface area contributed by atoms with E-state index in [2.05, 4.69) is 59.4 Å². The molecule has 0 heterocycles. The predicted octanol–water partition coefficient (Wildman–Crippen LogP) is 4.58. The van der Waals surface area contributed by atoms with Gasteiger partial charge in [0.1, 0.15) is 11.5 Å². The zero-order chi connectivity index (χ0) is 13.8. The van der Waals surface area contributed by atoms with E-state index in [9.17, 15) is 0 Å². The van der Waals surface area contributed by atoms with Crippen molar-refractivity contribution in [1.82, 2.24) is 5.32 Å². The van der Waals surface area contributed by atoms with Crippen LogP contribution in [0.5, 0.6) is 11.5 Å². The van der Waals surface area contributed by atoms with E-state index in [-0.39, 0.29) is 0 Å². The monoisotopic (exact) mass is 319 g/mol. The summed E-state index contributed by atoms with van der Waals surface area (Å²) in [6.45, 7) is 4.94. The second-order valence-electron chi connectivity index (χ2n) is 4.71. The number of rotatable bonds is 4. The predicted molar refractivity (Wildman–Crippen MR) is 82.9 cm³/mol. The Bertz CT molecular complexity index is 561. The molecule has 0 spiro atoms. The van der Waals surface area contributed by atoms with Crippen LogP contribution in [0.2, 0.25) is 0 Å². The van der Waals surface area contributed by atoms with Crippen LogP contribution in [0, 0.1) is 13.8 Å². The maximum atomic E-state index is 6.03. The van der Waals surface area contributed by atoms with Gasteiger partial charge in [0.2, 0.25) is 0 Å². The van der Waals surface area contributed by atoms with Crippen LogP contribution in [0.1, 0.15) is 16.7 Å². The average molecular weight is 320 g/mol. The number of halogens is 1. The van der Waals surface area contributed by atoms with Gasteiger partial charge in [-0.1, -0.05) is 28.1 Å². The molecule has 2 rings (SSSR count). The SMILES string of the molecule is CNCc1ccc(Br)cc1Oc1cc(C)cc(C)c1. The minimum absolute atomic E-state index is 0.785. The van der Waals surface area contributed by atoms with Gasteiger partial charge in [-0.25, -0.2) is 0 Å².